The number of carbonyl (C=O) groups is 2. The van der Waals surface area contributed by atoms with Crippen LogP contribution < -0.4 is 0 Å². The summed E-state index contributed by atoms with van der Waals surface area (Å²) in [5.74, 6) is -1.67. The second kappa shape index (κ2) is 6.06. The maximum Gasteiger partial charge on any atom is 0.346 e. The van der Waals surface area contributed by atoms with E-state index in [-0.39, 0.29) is 12.8 Å². The Kier molecular flexibility index (Phi) is 3.95. The number of hydrogen-bond acceptors (Lipinski definition) is 4. The van der Waals surface area contributed by atoms with Gasteiger partial charge in [-0.15, -0.1) is 0 Å². The molecule has 0 aliphatic rings. The van der Waals surface area contributed by atoms with Gasteiger partial charge in [0.1, 0.15) is 0 Å². The molecule has 0 atom stereocenters. The highest BCUT2D eigenvalue weighted by atomic mass is 17.1. The van der Waals surface area contributed by atoms with Crippen molar-refractivity contribution in [1.82, 2.24) is 0 Å². The molecule has 0 aliphatic heterocycles. The molecule has 5 heteroatoms. The number of carboxylic acids is 1. The first-order valence-electron chi connectivity index (χ1n) is 7.09. The molecule has 0 heterocycles. The van der Waals surface area contributed by atoms with Gasteiger partial charge in [0.25, 0.3) is 0 Å². The molecule has 2 N–H and O–H groups in total. The molecule has 0 aliphatic carbocycles. The van der Waals surface area contributed by atoms with Crippen molar-refractivity contribution in [2.45, 2.75) is 12.8 Å². The van der Waals surface area contributed by atoms with Crippen molar-refractivity contribution < 1.29 is 24.8 Å². The van der Waals surface area contributed by atoms with Gasteiger partial charge in [0.2, 0.25) is 0 Å². The van der Waals surface area contributed by atoms with E-state index >= 15 is 0 Å². The van der Waals surface area contributed by atoms with Crippen molar-refractivity contribution in [3.63, 3.8) is 0 Å². The van der Waals surface area contributed by atoms with E-state index in [1.807, 2.05) is 48.5 Å². The molecule has 3 aromatic carbocycles. The zero-order chi connectivity index (χ0) is 16.4. The summed E-state index contributed by atoms with van der Waals surface area (Å²) in [5.41, 5.74) is 1.43. The maximum atomic E-state index is 11.6. The molecule has 0 unspecified atom stereocenters. The van der Waals surface area contributed by atoms with Gasteiger partial charge in [0.15, 0.2) is 0 Å². The third-order valence-corrected chi connectivity index (χ3v) is 3.91. The SMILES string of the molecule is O=C(O)Cc1c2ccccc2c(CC(=O)OO)c2ccccc12. The van der Waals surface area contributed by atoms with Gasteiger partial charge in [-0.3, -0.25) is 4.79 Å². The topological polar surface area (TPSA) is 83.8 Å². The number of carbonyl (C=O) groups excluding carboxylic acids is 1. The van der Waals surface area contributed by atoms with E-state index in [1.54, 1.807) is 0 Å². The van der Waals surface area contributed by atoms with Crippen LogP contribution in [-0.2, 0) is 27.3 Å². The number of aliphatic carboxylic acids is 1. The Bertz CT molecular complexity index is 857. The maximum absolute atomic E-state index is 11.6. The van der Waals surface area contributed by atoms with E-state index in [2.05, 4.69) is 4.89 Å². The van der Waals surface area contributed by atoms with Crippen LogP contribution in [0.15, 0.2) is 48.5 Å². The molecular weight excluding hydrogens is 296 g/mol. The molecule has 5 nitrogen and oxygen atoms in total. The fraction of sp³-hybridized carbons (Fsp3) is 0.111. The van der Waals surface area contributed by atoms with Gasteiger partial charge < -0.3 is 9.99 Å². The number of hydrogen-bond donors (Lipinski definition) is 2. The molecule has 23 heavy (non-hydrogen) atoms. The Morgan fingerprint density at radius 2 is 1.17 bits per heavy atom. The third-order valence-electron chi connectivity index (χ3n) is 3.91. The first kappa shape index (κ1) is 15.0. The molecular formula is C18H14O5. The molecule has 0 bridgehead atoms. The molecule has 3 rings (SSSR count). The first-order valence-corrected chi connectivity index (χ1v) is 7.09. The van der Waals surface area contributed by atoms with Crippen molar-refractivity contribution >= 4 is 33.5 Å². The second-order valence-corrected chi connectivity index (χ2v) is 5.26. The average molecular weight is 310 g/mol. The van der Waals surface area contributed by atoms with Gasteiger partial charge in [0, 0.05) is 0 Å². The van der Waals surface area contributed by atoms with Crippen molar-refractivity contribution in [3.05, 3.63) is 59.7 Å². The van der Waals surface area contributed by atoms with Gasteiger partial charge in [-0.1, -0.05) is 48.5 Å². The highest BCUT2D eigenvalue weighted by molar-refractivity contribution is 6.08. The smallest absolute Gasteiger partial charge is 0.346 e. The minimum absolute atomic E-state index is 0.0924. The van der Waals surface area contributed by atoms with E-state index < -0.39 is 11.9 Å². The molecule has 0 fully saturated rings. The summed E-state index contributed by atoms with van der Waals surface area (Å²) in [5, 5.41) is 21.0. The Hall–Kier alpha value is -2.92. The lowest BCUT2D eigenvalue weighted by molar-refractivity contribution is -0.233. The van der Waals surface area contributed by atoms with Crippen molar-refractivity contribution in [2.75, 3.05) is 0 Å². The Morgan fingerprint density at radius 1 is 0.783 bits per heavy atom. The Balaban J connectivity index is 2.41. The summed E-state index contributed by atoms with van der Waals surface area (Å²) in [6.45, 7) is 0. The van der Waals surface area contributed by atoms with Crippen LogP contribution in [0.5, 0.6) is 0 Å². The summed E-state index contributed by atoms with van der Waals surface area (Å²) in [4.78, 5) is 26.6. The fourth-order valence-electron chi connectivity index (χ4n) is 3.02. The van der Waals surface area contributed by atoms with E-state index in [1.165, 1.54) is 0 Å². The minimum atomic E-state index is -0.914. The standard InChI is InChI=1S/C18H14O5/c19-17(20)9-15-11-5-1-3-7-13(11)16(10-18(21)23-22)14-8-4-2-6-12(14)15/h1-8,22H,9-10H2,(H,19,20). The van der Waals surface area contributed by atoms with E-state index in [0.717, 1.165) is 21.5 Å². The van der Waals surface area contributed by atoms with Crippen LogP contribution in [0.2, 0.25) is 0 Å². The molecule has 116 valence electrons. The van der Waals surface area contributed by atoms with Crippen LogP contribution in [0.25, 0.3) is 21.5 Å². The van der Waals surface area contributed by atoms with Crippen LogP contribution in [-0.4, -0.2) is 22.3 Å². The van der Waals surface area contributed by atoms with Gasteiger partial charge in [0.05, 0.1) is 12.8 Å². The molecule has 0 aromatic heterocycles. The van der Waals surface area contributed by atoms with Crippen LogP contribution in [0.1, 0.15) is 11.1 Å². The predicted molar refractivity (Wildman–Crippen MR) is 85.2 cm³/mol. The number of fused-ring (bicyclic) bond motifs is 2. The zero-order valence-electron chi connectivity index (χ0n) is 12.2. The number of benzene rings is 3. The lowest BCUT2D eigenvalue weighted by Crippen LogP contribution is -2.08. The molecule has 0 saturated carbocycles. The van der Waals surface area contributed by atoms with E-state index in [9.17, 15) is 14.7 Å². The molecule has 0 amide bonds. The van der Waals surface area contributed by atoms with Crippen molar-refractivity contribution in [1.29, 1.82) is 0 Å². The van der Waals surface area contributed by atoms with Crippen LogP contribution in [0, 0.1) is 0 Å². The van der Waals surface area contributed by atoms with Crippen LogP contribution in [0.3, 0.4) is 0 Å². The largest absolute Gasteiger partial charge is 0.481 e. The van der Waals surface area contributed by atoms with E-state index in [4.69, 9.17) is 5.26 Å². The lowest BCUT2D eigenvalue weighted by Gasteiger charge is -2.15. The van der Waals surface area contributed by atoms with E-state index in [0.29, 0.717) is 11.1 Å². The normalized spacial score (nSPS) is 10.8. The molecule has 0 spiro atoms. The van der Waals surface area contributed by atoms with Gasteiger partial charge in [-0.25, -0.2) is 4.79 Å². The summed E-state index contributed by atoms with van der Waals surface area (Å²) in [6.07, 6.45) is -0.198. The number of rotatable bonds is 4. The molecule has 0 radical (unpaired) electrons. The van der Waals surface area contributed by atoms with Gasteiger partial charge in [-0.2, -0.15) is 5.26 Å². The molecule has 3 aromatic rings. The highest BCUT2D eigenvalue weighted by Crippen LogP contribution is 2.33. The van der Waals surface area contributed by atoms with Crippen LogP contribution >= 0.6 is 0 Å². The Morgan fingerprint density at radius 3 is 1.52 bits per heavy atom. The average Bonchev–Trinajstić information content (AvgIpc) is 2.57. The lowest BCUT2D eigenvalue weighted by atomic mass is 9.89. The molecule has 0 saturated heterocycles. The third kappa shape index (κ3) is 2.74. The summed E-state index contributed by atoms with van der Waals surface area (Å²) in [6, 6.07) is 14.7. The summed E-state index contributed by atoms with van der Waals surface area (Å²) in [7, 11) is 0. The zero-order valence-corrected chi connectivity index (χ0v) is 12.2. The quantitative estimate of drug-likeness (QED) is 0.439. The summed E-state index contributed by atoms with van der Waals surface area (Å²) >= 11 is 0. The van der Waals surface area contributed by atoms with Crippen molar-refractivity contribution in [3.8, 4) is 0 Å². The second-order valence-electron chi connectivity index (χ2n) is 5.26. The first-order chi connectivity index (χ1) is 11.1. The predicted octanol–water partition coefficient (Wildman–Crippen LogP) is 3.18. The van der Waals surface area contributed by atoms with Crippen molar-refractivity contribution in [2.24, 2.45) is 0 Å². The van der Waals surface area contributed by atoms with Crippen LogP contribution in [0.4, 0.5) is 0 Å². The Labute approximate surface area is 131 Å². The monoisotopic (exact) mass is 310 g/mol. The number of carboxylic acid groups (broad SMARTS) is 1. The van der Waals surface area contributed by atoms with Gasteiger partial charge in [-0.05, 0) is 32.7 Å². The summed E-state index contributed by atoms with van der Waals surface area (Å²) < 4.78 is 0. The van der Waals surface area contributed by atoms with Gasteiger partial charge >= 0.3 is 11.9 Å². The highest BCUT2D eigenvalue weighted by Gasteiger charge is 2.17. The fourth-order valence-corrected chi connectivity index (χ4v) is 3.02. The minimum Gasteiger partial charge on any atom is -0.481 e.